The monoisotopic (exact) mass is 270 g/mol. The van der Waals surface area contributed by atoms with Crippen molar-refractivity contribution in [1.29, 1.82) is 0 Å². The molecule has 2 nitrogen and oxygen atoms in total. The zero-order valence-corrected chi connectivity index (χ0v) is 13.1. The average molecular weight is 270 g/mol. The molecule has 3 heteroatoms. The highest BCUT2D eigenvalue weighted by molar-refractivity contribution is 7.98. The fourth-order valence-electron chi connectivity index (χ4n) is 3.88. The molecule has 2 rings (SSSR count). The Labute approximate surface area is 115 Å². The van der Waals surface area contributed by atoms with Crippen LogP contribution >= 0.6 is 11.8 Å². The molecule has 0 N–H and O–H groups in total. The highest BCUT2D eigenvalue weighted by Gasteiger charge is 2.62. The van der Waals surface area contributed by atoms with Crippen LogP contribution in [0.5, 0.6) is 0 Å². The molecule has 2 aliphatic rings. The molecule has 0 aromatic rings. The Morgan fingerprint density at radius 1 is 1.44 bits per heavy atom. The van der Waals surface area contributed by atoms with E-state index in [1.807, 2.05) is 13.2 Å². The van der Waals surface area contributed by atoms with Crippen molar-refractivity contribution in [3.05, 3.63) is 0 Å². The summed E-state index contributed by atoms with van der Waals surface area (Å²) in [6.07, 6.45) is 5.76. The van der Waals surface area contributed by atoms with Gasteiger partial charge in [-0.15, -0.1) is 0 Å². The molecule has 0 aromatic heterocycles. The third-order valence-corrected chi connectivity index (χ3v) is 6.62. The molecule has 2 aliphatic carbocycles. The third-order valence-electron chi connectivity index (χ3n) is 5.79. The van der Waals surface area contributed by atoms with Gasteiger partial charge < -0.3 is 4.74 Å². The molecule has 2 fully saturated rings. The highest BCUT2D eigenvalue weighted by atomic mass is 32.2. The van der Waals surface area contributed by atoms with E-state index in [1.54, 1.807) is 11.8 Å². The molecule has 0 heterocycles. The van der Waals surface area contributed by atoms with Crippen LogP contribution in [0.1, 0.15) is 47.0 Å². The lowest BCUT2D eigenvalue weighted by Gasteiger charge is -2.38. The second-order valence-electron chi connectivity index (χ2n) is 6.89. The van der Waals surface area contributed by atoms with Gasteiger partial charge >= 0.3 is 5.97 Å². The van der Waals surface area contributed by atoms with Gasteiger partial charge in [-0.1, -0.05) is 27.7 Å². The summed E-state index contributed by atoms with van der Waals surface area (Å²) in [5, 5.41) is 0. The molecule has 104 valence electrons. The largest absolute Gasteiger partial charge is 0.462 e. The van der Waals surface area contributed by atoms with E-state index < -0.39 is 0 Å². The predicted octanol–water partition coefficient (Wildman–Crippen LogP) is 3.74. The van der Waals surface area contributed by atoms with E-state index in [2.05, 4.69) is 20.8 Å². The van der Waals surface area contributed by atoms with Crippen LogP contribution in [0, 0.1) is 22.7 Å². The Morgan fingerprint density at radius 3 is 2.56 bits per heavy atom. The molecule has 4 unspecified atom stereocenters. The van der Waals surface area contributed by atoms with Crippen LogP contribution in [0.2, 0.25) is 0 Å². The van der Waals surface area contributed by atoms with Crippen molar-refractivity contribution in [3.8, 4) is 0 Å². The molecular weight excluding hydrogens is 244 g/mol. The maximum atomic E-state index is 12.1. The van der Waals surface area contributed by atoms with Crippen molar-refractivity contribution >= 4 is 17.7 Å². The molecule has 0 aromatic carbocycles. The first-order valence-corrected chi connectivity index (χ1v) is 8.41. The summed E-state index contributed by atoms with van der Waals surface area (Å²) in [6, 6.07) is 0. The smallest absolute Gasteiger partial charge is 0.309 e. The van der Waals surface area contributed by atoms with E-state index in [1.165, 1.54) is 12.8 Å². The Hall–Kier alpha value is -0.180. The predicted molar refractivity (Wildman–Crippen MR) is 76.7 cm³/mol. The summed E-state index contributed by atoms with van der Waals surface area (Å²) < 4.78 is 5.85. The summed E-state index contributed by atoms with van der Waals surface area (Å²) in [5.41, 5.74) is 0.507. The maximum Gasteiger partial charge on any atom is 0.309 e. The van der Waals surface area contributed by atoms with E-state index in [-0.39, 0.29) is 23.4 Å². The molecule has 2 bridgehead atoms. The number of ether oxygens (including phenoxy) is 1. The van der Waals surface area contributed by atoms with Gasteiger partial charge in [0.1, 0.15) is 6.10 Å². The molecule has 0 saturated heterocycles. The Kier molecular flexibility index (Phi) is 3.74. The Balaban J connectivity index is 2.03. The van der Waals surface area contributed by atoms with Crippen molar-refractivity contribution < 1.29 is 9.53 Å². The molecule has 0 spiro atoms. The van der Waals surface area contributed by atoms with Crippen molar-refractivity contribution in [2.24, 2.45) is 22.7 Å². The number of carbonyl (C=O) groups is 1. The molecule has 0 radical (unpaired) electrons. The van der Waals surface area contributed by atoms with Gasteiger partial charge in [0.15, 0.2) is 0 Å². The number of hydrogen-bond acceptors (Lipinski definition) is 3. The zero-order valence-electron chi connectivity index (χ0n) is 12.3. The van der Waals surface area contributed by atoms with Crippen LogP contribution in [0.3, 0.4) is 0 Å². The van der Waals surface area contributed by atoms with Gasteiger partial charge in [0, 0.05) is 11.2 Å². The highest BCUT2D eigenvalue weighted by Crippen LogP contribution is 2.66. The zero-order chi connectivity index (χ0) is 13.6. The second-order valence-corrected chi connectivity index (χ2v) is 7.80. The van der Waals surface area contributed by atoms with Gasteiger partial charge in [-0.3, -0.25) is 4.79 Å². The summed E-state index contributed by atoms with van der Waals surface area (Å²) in [4.78, 5) is 12.1. The van der Waals surface area contributed by atoms with Crippen LogP contribution in [0.25, 0.3) is 0 Å². The van der Waals surface area contributed by atoms with Crippen LogP contribution in [-0.4, -0.2) is 24.1 Å². The topological polar surface area (TPSA) is 26.3 Å². The van der Waals surface area contributed by atoms with Crippen molar-refractivity contribution in [2.75, 3.05) is 12.0 Å². The molecule has 4 atom stereocenters. The average Bonchev–Trinajstić information content (AvgIpc) is 2.62. The summed E-state index contributed by atoms with van der Waals surface area (Å²) in [6.45, 7) is 8.99. The van der Waals surface area contributed by atoms with E-state index in [9.17, 15) is 4.79 Å². The third kappa shape index (κ3) is 1.99. The Morgan fingerprint density at radius 2 is 2.11 bits per heavy atom. The number of esters is 1. The van der Waals surface area contributed by atoms with Gasteiger partial charge in [0.25, 0.3) is 0 Å². The van der Waals surface area contributed by atoms with Crippen molar-refractivity contribution in [1.82, 2.24) is 0 Å². The molecule has 0 amide bonds. The van der Waals surface area contributed by atoms with E-state index in [0.29, 0.717) is 5.41 Å². The van der Waals surface area contributed by atoms with Gasteiger partial charge in [-0.05, 0) is 36.9 Å². The van der Waals surface area contributed by atoms with E-state index in [4.69, 9.17) is 4.74 Å². The van der Waals surface area contributed by atoms with Crippen LogP contribution < -0.4 is 0 Å². The molecule has 18 heavy (non-hydrogen) atoms. The van der Waals surface area contributed by atoms with Crippen LogP contribution in [-0.2, 0) is 9.53 Å². The summed E-state index contributed by atoms with van der Waals surface area (Å²) in [7, 11) is 0. The van der Waals surface area contributed by atoms with Gasteiger partial charge in [-0.2, -0.15) is 11.8 Å². The lowest BCUT2D eigenvalue weighted by Crippen LogP contribution is -2.39. The fraction of sp³-hybridized carbons (Fsp3) is 0.933. The number of rotatable bonds is 4. The summed E-state index contributed by atoms with van der Waals surface area (Å²) in [5.74, 6) is 1.61. The molecule has 2 saturated carbocycles. The lowest BCUT2D eigenvalue weighted by atomic mass is 9.70. The number of fused-ring (bicyclic) bond motifs is 2. The maximum absolute atomic E-state index is 12.1. The fourth-order valence-corrected chi connectivity index (χ4v) is 4.52. The van der Waals surface area contributed by atoms with Crippen molar-refractivity contribution in [2.45, 2.75) is 53.1 Å². The Bertz CT molecular complexity index is 339. The molecular formula is C15H26O2S. The number of thioether (sulfide) groups is 1. The van der Waals surface area contributed by atoms with E-state index in [0.717, 1.165) is 18.1 Å². The van der Waals surface area contributed by atoms with Gasteiger partial charge in [-0.25, -0.2) is 0 Å². The summed E-state index contributed by atoms with van der Waals surface area (Å²) >= 11 is 1.71. The first-order chi connectivity index (χ1) is 8.33. The molecule has 0 aliphatic heterocycles. The van der Waals surface area contributed by atoms with E-state index >= 15 is 0 Å². The first kappa shape index (κ1) is 14.2. The van der Waals surface area contributed by atoms with Gasteiger partial charge in [0.05, 0.1) is 5.92 Å². The minimum atomic E-state index is -0.000995. The SMILES string of the molecule is CSCC(C)C(=O)OC1CC2CCC1(C)C2(C)C. The minimum Gasteiger partial charge on any atom is -0.462 e. The second kappa shape index (κ2) is 4.73. The normalized spacial score (nSPS) is 38.7. The lowest BCUT2D eigenvalue weighted by molar-refractivity contribution is -0.160. The number of carbonyl (C=O) groups excluding carboxylic acids is 1. The number of hydrogen-bond donors (Lipinski definition) is 0. The quantitative estimate of drug-likeness (QED) is 0.728. The van der Waals surface area contributed by atoms with Crippen molar-refractivity contribution in [3.63, 3.8) is 0 Å². The van der Waals surface area contributed by atoms with Crippen LogP contribution in [0.4, 0.5) is 0 Å². The standard InChI is InChI=1S/C15H26O2S/c1-10(9-18-5)13(16)17-12-8-11-6-7-15(12,4)14(11,2)3/h10-12H,6-9H2,1-5H3. The van der Waals surface area contributed by atoms with Gasteiger partial charge in [0.2, 0.25) is 0 Å². The minimum absolute atomic E-state index is 0.000995. The first-order valence-electron chi connectivity index (χ1n) is 7.02. The van der Waals surface area contributed by atoms with Crippen LogP contribution in [0.15, 0.2) is 0 Å².